The maximum Gasteiger partial charge on any atom is 0.0991 e. The van der Waals surface area contributed by atoms with Crippen LogP contribution in [0.15, 0.2) is 54.6 Å². The highest BCUT2D eigenvalue weighted by molar-refractivity contribution is 5.81. The maximum atomic E-state index is 8.92. The molecule has 0 heterocycles. The van der Waals surface area contributed by atoms with Crippen LogP contribution in [0.1, 0.15) is 62.4 Å². The average molecular weight is 327 g/mol. The van der Waals surface area contributed by atoms with Gasteiger partial charge in [-0.3, -0.25) is 0 Å². The van der Waals surface area contributed by atoms with E-state index in [-0.39, 0.29) is 10.8 Å². The fourth-order valence-corrected chi connectivity index (χ4v) is 3.47. The van der Waals surface area contributed by atoms with Gasteiger partial charge in [0, 0.05) is 10.8 Å². The van der Waals surface area contributed by atoms with Gasteiger partial charge in [0.2, 0.25) is 0 Å². The minimum Gasteiger partial charge on any atom is -0.192 e. The Bertz CT molecular complexity index is 900. The van der Waals surface area contributed by atoms with Gasteiger partial charge in [-0.15, -0.1) is 0 Å². The number of hydrogen-bond donors (Lipinski definition) is 0. The van der Waals surface area contributed by atoms with Crippen molar-refractivity contribution in [2.24, 2.45) is 0 Å². The third kappa shape index (κ3) is 3.30. The zero-order valence-corrected chi connectivity index (χ0v) is 15.7. The van der Waals surface area contributed by atoms with Gasteiger partial charge in [0.1, 0.15) is 0 Å². The molecule has 25 heavy (non-hydrogen) atoms. The number of rotatable bonds is 2. The summed E-state index contributed by atoms with van der Waals surface area (Å²) in [6.45, 7) is 11.3. The molecule has 126 valence electrons. The van der Waals surface area contributed by atoms with E-state index in [4.69, 9.17) is 5.26 Å². The first-order chi connectivity index (χ1) is 11.7. The maximum absolute atomic E-state index is 8.92. The van der Waals surface area contributed by atoms with Gasteiger partial charge in [-0.05, 0) is 46.9 Å². The summed E-state index contributed by atoms with van der Waals surface area (Å²) in [7, 11) is 0. The summed E-state index contributed by atoms with van der Waals surface area (Å²) in [6.07, 6.45) is 6.84. The first-order valence-electron chi connectivity index (χ1n) is 8.77. The van der Waals surface area contributed by atoms with Crippen LogP contribution in [-0.4, -0.2) is 0 Å². The van der Waals surface area contributed by atoms with Gasteiger partial charge in [-0.2, -0.15) is 5.26 Å². The first kappa shape index (κ1) is 17.2. The molecule has 1 heteroatoms. The predicted octanol–water partition coefficient (Wildman–Crippen LogP) is 6.24. The quantitative estimate of drug-likeness (QED) is 0.473. The molecular weight excluding hydrogens is 302 g/mol. The molecule has 0 atom stereocenters. The lowest BCUT2D eigenvalue weighted by Crippen LogP contribution is -2.29. The van der Waals surface area contributed by atoms with E-state index in [2.05, 4.69) is 77.1 Å². The number of allylic oxidation sites excluding steroid dienone is 3. The van der Waals surface area contributed by atoms with Crippen molar-refractivity contribution in [1.82, 2.24) is 0 Å². The number of fused-ring (bicyclic) bond motifs is 1. The molecule has 0 aliphatic heterocycles. The van der Waals surface area contributed by atoms with Crippen LogP contribution in [0.25, 0.3) is 11.6 Å². The van der Waals surface area contributed by atoms with E-state index in [1.165, 1.54) is 22.3 Å². The van der Waals surface area contributed by atoms with Gasteiger partial charge in [0.25, 0.3) is 0 Å². The summed E-state index contributed by atoms with van der Waals surface area (Å²) >= 11 is 0. The normalized spacial score (nSPS) is 17.7. The molecule has 1 aliphatic carbocycles. The molecule has 0 saturated heterocycles. The zero-order chi connectivity index (χ0) is 18.2. The Labute approximate surface area is 151 Å². The lowest BCUT2D eigenvalue weighted by atomic mass is 9.67. The van der Waals surface area contributed by atoms with E-state index in [0.29, 0.717) is 5.56 Å². The second-order valence-corrected chi connectivity index (χ2v) is 8.10. The molecule has 1 aliphatic rings. The van der Waals surface area contributed by atoms with Gasteiger partial charge >= 0.3 is 0 Å². The molecule has 0 spiro atoms. The smallest absolute Gasteiger partial charge is 0.0991 e. The summed E-state index contributed by atoms with van der Waals surface area (Å²) in [5, 5.41) is 8.92. The largest absolute Gasteiger partial charge is 0.192 e. The van der Waals surface area contributed by atoms with Gasteiger partial charge in [-0.1, -0.05) is 76.3 Å². The topological polar surface area (TPSA) is 23.8 Å². The predicted molar refractivity (Wildman–Crippen MR) is 106 cm³/mol. The lowest BCUT2D eigenvalue weighted by Gasteiger charge is -2.37. The fraction of sp³-hybridized carbons (Fsp3) is 0.292. The van der Waals surface area contributed by atoms with Crippen LogP contribution in [0.3, 0.4) is 0 Å². The lowest BCUT2D eigenvalue weighted by molar-refractivity contribution is 0.563. The molecular formula is C24H25N. The Morgan fingerprint density at radius 3 is 2.08 bits per heavy atom. The number of benzene rings is 2. The van der Waals surface area contributed by atoms with Crippen molar-refractivity contribution in [2.45, 2.75) is 45.4 Å². The Balaban J connectivity index is 2.02. The van der Waals surface area contributed by atoms with Crippen LogP contribution < -0.4 is 0 Å². The molecule has 0 N–H and O–H groups in total. The second-order valence-electron chi connectivity index (χ2n) is 8.10. The third-order valence-electron chi connectivity index (χ3n) is 5.20. The molecule has 0 amide bonds. The molecule has 3 rings (SSSR count). The van der Waals surface area contributed by atoms with Crippen molar-refractivity contribution in [3.63, 3.8) is 0 Å². The minimum atomic E-state index is 0.0512. The second kappa shape index (κ2) is 6.05. The number of hydrogen-bond acceptors (Lipinski definition) is 1. The molecule has 0 bridgehead atoms. The summed E-state index contributed by atoms with van der Waals surface area (Å²) in [4.78, 5) is 0. The Morgan fingerprint density at radius 2 is 1.48 bits per heavy atom. The van der Waals surface area contributed by atoms with Crippen molar-refractivity contribution in [2.75, 3.05) is 0 Å². The van der Waals surface area contributed by atoms with Crippen LogP contribution >= 0.6 is 0 Å². The Hall–Kier alpha value is -2.59. The monoisotopic (exact) mass is 327 g/mol. The number of nitriles is 1. The van der Waals surface area contributed by atoms with Crippen molar-refractivity contribution in [3.05, 3.63) is 82.4 Å². The SMILES string of the molecule is CC(=Cc1ccc(C#N)cc1)c1ccc2c(c1)C(C)(C)C=CC2(C)C. The first-order valence-corrected chi connectivity index (χ1v) is 8.77. The summed E-state index contributed by atoms with van der Waals surface area (Å²) in [5.74, 6) is 0. The van der Waals surface area contributed by atoms with Gasteiger partial charge in [-0.25, -0.2) is 0 Å². The van der Waals surface area contributed by atoms with Gasteiger partial charge in [0.05, 0.1) is 11.6 Å². The van der Waals surface area contributed by atoms with E-state index < -0.39 is 0 Å². The highest BCUT2D eigenvalue weighted by atomic mass is 14.4. The summed E-state index contributed by atoms with van der Waals surface area (Å²) in [6, 6.07) is 16.7. The van der Waals surface area contributed by atoms with Crippen molar-refractivity contribution >= 4 is 11.6 Å². The molecule has 0 unspecified atom stereocenters. The summed E-state index contributed by atoms with van der Waals surface area (Å²) in [5.41, 5.74) is 7.25. The molecule has 0 fully saturated rings. The van der Waals surface area contributed by atoms with Crippen molar-refractivity contribution in [1.29, 1.82) is 5.26 Å². The highest BCUT2D eigenvalue weighted by Gasteiger charge is 2.32. The zero-order valence-electron chi connectivity index (χ0n) is 15.7. The van der Waals surface area contributed by atoms with Gasteiger partial charge in [0.15, 0.2) is 0 Å². The fourth-order valence-electron chi connectivity index (χ4n) is 3.47. The standard InChI is InChI=1S/C24H25N/c1-17(14-18-6-8-19(16-25)9-7-18)20-10-11-21-22(15-20)24(4,5)13-12-23(21,2)3/h6-15H,1-5H3. The van der Waals surface area contributed by atoms with Crippen LogP contribution in [0.2, 0.25) is 0 Å². The van der Waals surface area contributed by atoms with E-state index in [1.54, 1.807) is 0 Å². The van der Waals surface area contributed by atoms with Crippen molar-refractivity contribution < 1.29 is 0 Å². The molecule has 0 aromatic heterocycles. The molecule has 0 saturated carbocycles. The van der Waals surface area contributed by atoms with Crippen LogP contribution in [0, 0.1) is 11.3 Å². The van der Waals surface area contributed by atoms with Crippen LogP contribution in [0.4, 0.5) is 0 Å². The van der Waals surface area contributed by atoms with Crippen LogP contribution in [-0.2, 0) is 10.8 Å². The average Bonchev–Trinajstić information content (AvgIpc) is 2.59. The van der Waals surface area contributed by atoms with E-state index in [1.807, 2.05) is 24.3 Å². The molecule has 2 aromatic rings. The highest BCUT2D eigenvalue weighted by Crippen LogP contribution is 2.42. The Kier molecular flexibility index (Phi) is 4.17. The Morgan fingerprint density at radius 1 is 0.880 bits per heavy atom. The van der Waals surface area contributed by atoms with E-state index >= 15 is 0 Å². The third-order valence-corrected chi connectivity index (χ3v) is 5.20. The molecule has 0 radical (unpaired) electrons. The number of nitrogens with zero attached hydrogens (tertiary/aromatic N) is 1. The minimum absolute atomic E-state index is 0.0512. The molecule has 1 nitrogen and oxygen atoms in total. The van der Waals surface area contributed by atoms with Crippen LogP contribution in [0.5, 0.6) is 0 Å². The summed E-state index contributed by atoms with van der Waals surface area (Å²) < 4.78 is 0. The molecule has 2 aromatic carbocycles. The van der Waals surface area contributed by atoms with E-state index in [9.17, 15) is 0 Å². The van der Waals surface area contributed by atoms with Crippen molar-refractivity contribution in [3.8, 4) is 6.07 Å². The van der Waals surface area contributed by atoms with E-state index in [0.717, 1.165) is 5.56 Å². The van der Waals surface area contributed by atoms with Gasteiger partial charge < -0.3 is 0 Å².